The molecular formula is C24H34N4O. The molecule has 0 aliphatic carbocycles. The molecule has 1 aromatic heterocycles. The Morgan fingerprint density at radius 3 is 2.52 bits per heavy atom. The first kappa shape index (κ1) is 21.4. The Hall–Kier alpha value is -2.27. The van der Waals surface area contributed by atoms with Crippen LogP contribution < -0.4 is 0 Å². The van der Waals surface area contributed by atoms with Crippen LogP contribution in [0.5, 0.6) is 0 Å². The van der Waals surface area contributed by atoms with E-state index in [9.17, 15) is 4.79 Å². The van der Waals surface area contributed by atoms with Gasteiger partial charge in [-0.3, -0.25) is 4.79 Å². The van der Waals surface area contributed by atoms with Gasteiger partial charge in [0.2, 0.25) is 0 Å². The van der Waals surface area contributed by atoms with Crippen LogP contribution in [-0.4, -0.2) is 58.4 Å². The second kappa shape index (κ2) is 9.97. The molecule has 0 spiro atoms. The number of aryl methyl sites for hydroxylation is 3. The Kier molecular flexibility index (Phi) is 7.37. The van der Waals surface area contributed by atoms with E-state index >= 15 is 0 Å². The Bertz CT molecular complexity index is 807. The molecule has 1 aromatic carbocycles. The fraction of sp³-hybridized carbons (Fsp3) is 0.542. The molecule has 3 rings (SSSR count). The lowest BCUT2D eigenvalue weighted by molar-refractivity contribution is 0.0695. The molecule has 0 N–H and O–H groups in total. The molecule has 1 saturated heterocycles. The number of benzene rings is 1. The summed E-state index contributed by atoms with van der Waals surface area (Å²) < 4.78 is 0. The number of hydrogen-bond donors (Lipinski definition) is 0. The van der Waals surface area contributed by atoms with Crippen LogP contribution in [0.4, 0.5) is 0 Å². The third-order valence-corrected chi connectivity index (χ3v) is 6.00. The molecule has 2 aromatic rings. The first-order valence-corrected chi connectivity index (χ1v) is 10.8. The van der Waals surface area contributed by atoms with E-state index in [1.807, 2.05) is 18.7 Å². The minimum absolute atomic E-state index is 0.0306. The van der Waals surface area contributed by atoms with Gasteiger partial charge < -0.3 is 9.80 Å². The molecule has 1 aliphatic heterocycles. The van der Waals surface area contributed by atoms with Gasteiger partial charge in [0.1, 0.15) is 11.5 Å². The lowest BCUT2D eigenvalue weighted by Gasteiger charge is -2.34. The zero-order valence-electron chi connectivity index (χ0n) is 18.3. The maximum atomic E-state index is 12.9. The van der Waals surface area contributed by atoms with Gasteiger partial charge in [0.25, 0.3) is 5.91 Å². The average Bonchev–Trinajstić information content (AvgIpc) is 2.71. The first-order valence-electron chi connectivity index (χ1n) is 10.8. The van der Waals surface area contributed by atoms with Crippen LogP contribution in [0.3, 0.4) is 0 Å². The quantitative estimate of drug-likeness (QED) is 0.716. The van der Waals surface area contributed by atoms with E-state index < -0.39 is 0 Å². The van der Waals surface area contributed by atoms with E-state index in [-0.39, 0.29) is 5.91 Å². The molecule has 2 heterocycles. The third kappa shape index (κ3) is 5.86. The Morgan fingerprint density at radius 2 is 1.86 bits per heavy atom. The number of piperidine rings is 1. The largest absolute Gasteiger partial charge is 0.337 e. The van der Waals surface area contributed by atoms with Crippen molar-refractivity contribution in [1.29, 1.82) is 0 Å². The van der Waals surface area contributed by atoms with Crippen molar-refractivity contribution in [3.8, 4) is 0 Å². The molecule has 29 heavy (non-hydrogen) atoms. The summed E-state index contributed by atoms with van der Waals surface area (Å²) in [5, 5.41) is 0. The van der Waals surface area contributed by atoms with E-state index in [1.165, 1.54) is 11.1 Å². The average molecular weight is 395 g/mol. The van der Waals surface area contributed by atoms with Gasteiger partial charge in [-0.15, -0.1) is 0 Å². The summed E-state index contributed by atoms with van der Waals surface area (Å²) in [4.78, 5) is 26.1. The monoisotopic (exact) mass is 394 g/mol. The van der Waals surface area contributed by atoms with Crippen LogP contribution in [0.25, 0.3) is 0 Å². The summed E-state index contributed by atoms with van der Waals surface area (Å²) in [6, 6.07) is 10.5. The zero-order valence-corrected chi connectivity index (χ0v) is 18.3. The number of nitrogens with zero attached hydrogens (tertiary/aromatic N) is 4. The Labute approximate surface area is 175 Å². The molecule has 5 nitrogen and oxygen atoms in total. The fourth-order valence-corrected chi connectivity index (χ4v) is 4.22. The van der Waals surface area contributed by atoms with Crippen LogP contribution in [0.2, 0.25) is 0 Å². The highest BCUT2D eigenvalue weighted by atomic mass is 16.2. The smallest absolute Gasteiger partial charge is 0.272 e. The lowest BCUT2D eigenvalue weighted by atomic mass is 9.95. The summed E-state index contributed by atoms with van der Waals surface area (Å²) in [7, 11) is 0. The lowest BCUT2D eigenvalue weighted by Crippen LogP contribution is -2.41. The van der Waals surface area contributed by atoms with Gasteiger partial charge in [-0.1, -0.05) is 24.3 Å². The number of likely N-dealkylation sites (tertiary alicyclic amines) is 1. The fourth-order valence-electron chi connectivity index (χ4n) is 4.22. The van der Waals surface area contributed by atoms with E-state index in [1.54, 1.807) is 6.07 Å². The highest BCUT2D eigenvalue weighted by molar-refractivity contribution is 5.92. The van der Waals surface area contributed by atoms with Crippen molar-refractivity contribution in [2.24, 2.45) is 5.92 Å². The number of aromatic nitrogens is 2. The number of carbonyl (C=O) groups is 1. The van der Waals surface area contributed by atoms with E-state index in [0.29, 0.717) is 24.0 Å². The summed E-state index contributed by atoms with van der Waals surface area (Å²) in [5.41, 5.74) is 4.20. The van der Waals surface area contributed by atoms with E-state index in [2.05, 4.69) is 53.0 Å². The molecule has 0 atom stereocenters. The summed E-state index contributed by atoms with van der Waals surface area (Å²) in [6.07, 6.45) is 3.42. The third-order valence-electron chi connectivity index (χ3n) is 6.00. The molecule has 1 aliphatic rings. The summed E-state index contributed by atoms with van der Waals surface area (Å²) >= 11 is 0. The highest BCUT2D eigenvalue weighted by Gasteiger charge is 2.24. The Morgan fingerprint density at radius 1 is 1.14 bits per heavy atom. The number of rotatable bonds is 7. The van der Waals surface area contributed by atoms with Crippen molar-refractivity contribution in [3.63, 3.8) is 0 Å². The van der Waals surface area contributed by atoms with Gasteiger partial charge in [-0.25, -0.2) is 9.97 Å². The minimum atomic E-state index is 0.0306. The molecule has 1 amide bonds. The van der Waals surface area contributed by atoms with Crippen molar-refractivity contribution in [2.75, 3.05) is 32.7 Å². The summed E-state index contributed by atoms with van der Waals surface area (Å²) in [6.45, 7) is 12.9. The van der Waals surface area contributed by atoms with Crippen molar-refractivity contribution < 1.29 is 4.79 Å². The number of carbonyl (C=O) groups excluding carboxylic acids is 1. The van der Waals surface area contributed by atoms with Crippen LogP contribution in [-0.2, 0) is 6.42 Å². The molecule has 0 saturated carbocycles. The molecule has 156 valence electrons. The second-order valence-electron chi connectivity index (χ2n) is 8.25. The van der Waals surface area contributed by atoms with Crippen molar-refractivity contribution in [3.05, 3.63) is 58.7 Å². The van der Waals surface area contributed by atoms with Crippen LogP contribution in [0.1, 0.15) is 52.9 Å². The SMILES string of the molecule is CCN(CC1CCN(CCc2ccccc2C)CC1)C(=O)c1cc(C)nc(C)n1. The van der Waals surface area contributed by atoms with Gasteiger partial charge in [0, 0.05) is 25.3 Å². The normalized spacial score (nSPS) is 15.4. The highest BCUT2D eigenvalue weighted by Crippen LogP contribution is 2.20. The second-order valence-corrected chi connectivity index (χ2v) is 8.25. The van der Waals surface area contributed by atoms with Crippen molar-refractivity contribution >= 4 is 5.91 Å². The predicted molar refractivity (Wildman–Crippen MR) is 117 cm³/mol. The van der Waals surface area contributed by atoms with Crippen LogP contribution >= 0.6 is 0 Å². The van der Waals surface area contributed by atoms with Crippen LogP contribution in [0, 0.1) is 26.7 Å². The van der Waals surface area contributed by atoms with E-state index in [4.69, 9.17) is 0 Å². The van der Waals surface area contributed by atoms with Crippen molar-refractivity contribution in [2.45, 2.75) is 47.0 Å². The summed E-state index contributed by atoms with van der Waals surface area (Å²) in [5.74, 6) is 1.26. The molecule has 5 heteroatoms. The standard InChI is InChI=1S/C24H34N4O/c1-5-28(24(29)23-16-19(3)25-20(4)26-23)17-21-10-13-27(14-11-21)15-12-22-9-7-6-8-18(22)2/h6-9,16,21H,5,10-15,17H2,1-4H3. The van der Waals surface area contributed by atoms with E-state index in [0.717, 1.165) is 51.1 Å². The first-order chi connectivity index (χ1) is 14.0. The van der Waals surface area contributed by atoms with Gasteiger partial charge in [0.15, 0.2) is 0 Å². The molecule has 0 bridgehead atoms. The van der Waals surface area contributed by atoms with Gasteiger partial charge in [-0.05, 0) is 83.2 Å². The topological polar surface area (TPSA) is 49.3 Å². The molecule has 0 unspecified atom stereocenters. The number of hydrogen-bond acceptors (Lipinski definition) is 4. The minimum Gasteiger partial charge on any atom is -0.337 e. The zero-order chi connectivity index (χ0) is 20.8. The number of amides is 1. The molecular weight excluding hydrogens is 360 g/mol. The van der Waals surface area contributed by atoms with Gasteiger partial charge in [0.05, 0.1) is 0 Å². The predicted octanol–water partition coefficient (Wildman–Crippen LogP) is 3.82. The van der Waals surface area contributed by atoms with Crippen LogP contribution in [0.15, 0.2) is 30.3 Å². The molecule has 0 radical (unpaired) electrons. The molecule has 1 fully saturated rings. The van der Waals surface area contributed by atoms with Gasteiger partial charge in [-0.2, -0.15) is 0 Å². The maximum Gasteiger partial charge on any atom is 0.272 e. The van der Waals surface area contributed by atoms with Gasteiger partial charge >= 0.3 is 0 Å². The Balaban J connectivity index is 1.49. The van der Waals surface area contributed by atoms with Crippen molar-refractivity contribution in [1.82, 2.24) is 19.8 Å². The maximum absolute atomic E-state index is 12.9.